The highest BCUT2D eigenvalue weighted by atomic mass is 16.5. The zero-order valence-corrected chi connectivity index (χ0v) is 12.8. The van der Waals surface area contributed by atoms with Crippen molar-refractivity contribution in [2.24, 2.45) is 17.6 Å². The molecule has 1 aliphatic rings. The molecule has 20 heavy (non-hydrogen) atoms. The maximum atomic E-state index is 6.07. The molecule has 1 fully saturated rings. The molecule has 1 unspecified atom stereocenters. The molecule has 1 aromatic heterocycles. The fourth-order valence-corrected chi connectivity index (χ4v) is 2.82. The van der Waals surface area contributed by atoms with Crippen molar-refractivity contribution in [2.75, 3.05) is 6.61 Å². The number of rotatable bonds is 6. The van der Waals surface area contributed by atoms with E-state index in [0.29, 0.717) is 24.2 Å². The Morgan fingerprint density at radius 1 is 1.30 bits per heavy atom. The second kappa shape index (κ2) is 7.18. The van der Waals surface area contributed by atoms with Gasteiger partial charge in [-0.3, -0.25) is 0 Å². The number of aromatic nitrogens is 2. The van der Waals surface area contributed by atoms with Crippen LogP contribution >= 0.6 is 0 Å². The van der Waals surface area contributed by atoms with Crippen molar-refractivity contribution < 1.29 is 9.26 Å². The SMILES string of the molecule is CCOC(c1noc([C@H](N)C(C)C)n1)C1CCCCC1. The van der Waals surface area contributed by atoms with E-state index in [2.05, 4.69) is 24.0 Å². The average Bonchev–Trinajstić information content (AvgIpc) is 2.94. The molecule has 0 saturated heterocycles. The Morgan fingerprint density at radius 2 is 2.00 bits per heavy atom. The van der Waals surface area contributed by atoms with Gasteiger partial charge in [-0.15, -0.1) is 0 Å². The van der Waals surface area contributed by atoms with Crippen LogP contribution in [-0.4, -0.2) is 16.7 Å². The first kappa shape index (κ1) is 15.4. The molecule has 0 aliphatic heterocycles. The summed E-state index contributed by atoms with van der Waals surface area (Å²) in [6, 6.07) is -0.204. The van der Waals surface area contributed by atoms with Crippen LogP contribution in [0.5, 0.6) is 0 Å². The third kappa shape index (κ3) is 3.58. The molecule has 2 N–H and O–H groups in total. The predicted octanol–water partition coefficient (Wildman–Crippen LogP) is 3.38. The normalized spacial score (nSPS) is 20.2. The van der Waals surface area contributed by atoms with Gasteiger partial charge in [0.2, 0.25) is 11.7 Å². The monoisotopic (exact) mass is 281 g/mol. The highest BCUT2D eigenvalue weighted by molar-refractivity contribution is 4.98. The van der Waals surface area contributed by atoms with Crippen molar-refractivity contribution in [3.05, 3.63) is 11.7 Å². The first-order valence-corrected chi connectivity index (χ1v) is 7.84. The average molecular weight is 281 g/mol. The van der Waals surface area contributed by atoms with Gasteiger partial charge in [-0.2, -0.15) is 4.98 Å². The van der Waals surface area contributed by atoms with Gasteiger partial charge >= 0.3 is 0 Å². The molecule has 0 amide bonds. The number of nitrogens with two attached hydrogens (primary N) is 1. The van der Waals surface area contributed by atoms with Crippen LogP contribution in [0.4, 0.5) is 0 Å². The second-order valence-corrected chi connectivity index (χ2v) is 6.03. The van der Waals surface area contributed by atoms with Gasteiger partial charge < -0.3 is 15.0 Å². The number of hydrogen-bond acceptors (Lipinski definition) is 5. The van der Waals surface area contributed by atoms with E-state index in [9.17, 15) is 0 Å². The standard InChI is InChI=1S/C15H27N3O2/c1-4-19-13(11-8-6-5-7-9-11)14-17-15(20-18-14)12(16)10(2)3/h10-13H,4-9,16H2,1-3H3/t12-,13?/m1/s1. The van der Waals surface area contributed by atoms with E-state index < -0.39 is 0 Å². The zero-order chi connectivity index (χ0) is 14.5. The molecule has 0 spiro atoms. The van der Waals surface area contributed by atoms with Gasteiger partial charge in [0.1, 0.15) is 6.10 Å². The summed E-state index contributed by atoms with van der Waals surface area (Å²) in [4.78, 5) is 4.50. The fourth-order valence-electron chi connectivity index (χ4n) is 2.82. The molecule has 2 rings (SSSR count). The van der Waals surface area contributed by atoms with Gasteiger partial charge in [-0.1, -0.05) is 38.3 Å². The van der Waals surface area contributed by atoms with Gasteiger partial charge in [-0.25, -0.2) is 0 Å². The minimum atomic E-state index is -0.204. The van der Waals surface area contributed by atoms with Crippen molar-refractivity contribution in [3.8, 4) is 0 Å². The zero-order valence-electron chi connectivity index (χ0n) is 12.8. The lowest BCUT2D eigenvalue weighted by molar-refractivity contribution is -0.00145. The van der Waals surface area contributed by atoms with Crippen LogP contribution in [0.3, 0.4) is 0 Å². The van der Waals surface area contributed by atoms with Crippen LogP contribution in [0, 0.1) is 11.8 Å². The van der Waals surface area contributed by atoms with Crippen LogP contribution in [0.1, 0.15) is 76.7 Å². The van der Waals surface area contributed by atoms with E-state index in [1.54, 1.807) is 0 Å². The summed E-state index contributed by atoms with van der Waals surface area (Å²) in [5.41, 5.74) is 6.07. The van der Waals surface area contributed by atoms with Crippen LogP contribution in [0.25, 0.3) is 0 Å². The summed E-state index contributed by atoms with van der Waals surface area (Å²) in [5, 5.41) is 4.12. The van der Waals surface area contributed by atoms with E-state index >= 15 is 0 Å². The van der Waals surface area contributed by atoms with Crippen molar-refractivity contribution in [2.45, 2.75) is 65.0 Å². The van der Waals surface area contributed by atoms with E-state index in [0.717, 1.165) is 0 Å². The Labute approximate surface area is 121 Å². The molecule has 1 saturated carbocycles. The van der Waals surface area contributed by atoms with E-state index in [1.807, 2.05) is 6.92 Å². The second-order valence-electron chi connectivity index (χ2n) is 6.03. The largest absolute Gasteiger partial charge is 0.370 e. The maximum Gasteiger partial charge on any atom is 0.243 e. The smallest absolute Gasteiger partial charge is 0.243 e. The summed E-state index contributed by atoms with van der Waals surface area (Å²) in [6.07, 6.45) is 6.19. The minimum absolute atomic E-state index is 0.0443. The van der Waals surface area contributed by atoms with Crippen LogP contribution in [-0.2, 0) is 4.74 Å². The molecule has 1 aromatic rings. The molecule has 1 heterocycles. The molecule has 5 heteroatoms. The molecule has 114 valence electrons. The lowest BCUT2D eigenvalue weighted by atomic mass is 9.85. The lowest BCUT2D eigenvalue weighted by Crippen LogP contribution is -2.21. The summed E-state index contributed by atoms with van der Waals surface area (Å²) in [6.45, 7) is 6.78. The number of hydrogen-bond donors (Lipinski definition) is 1. The van der Waals surface area contributed by atoms with Crippen molar-refractivity contribution in [1.29, 1.82) is 0 Å². The van der Waals surface area contributed by atoms with Crippen molar-refractivity contribution >= 4 is 0 Å². The van der Waals surface area contributed by atoms with Crippen molar-refractivity contribution in [3.63, 3.8) is 0 Å². The Bertz CT molecular complexity index is 400. The van der Waals surface area contributed by atoms with Crippen LogP contribution < -0.4 is 5.73 Å². The first-order chi connectivity index (χ1) is 9.63. The van der Waals surface area contributed by atoms with E-state index in [1.165, 1.54) is 32.1 Å². The Kier molecular flexibility index (Phi) is 5.54. The molecule has 5 nitrogen and oxygen atoms in total. The molecular formula is C15H27N3O2. The van der Waals surface area contributed by atoms with Gasteiger partial charge in [0, 0.05) is 6.61 Å². The minimum Gasteiger partial charge on any atom is -0.370 e. The maximum absolute atomic E-state index is 6.07. The first-order valence-electron chi connectivity index (χ1n) is 7.84. The Hall–Kier alpha value is -0.940. The molecular weight excluding hydrogens is 254 g/mol. The molecule has 0 radical (unpaired) electrons. The van der Waals surface area contributed by atoms with Gasteiger partial charge in [0.25, 0.3) is 0 Å². The third-order valence-corrected chi connectivity index (χ3v) is 4.14. The lowest BCUT2D eigenvalue weighted by Gasteiger charge is -2.27. The summed E-state index contributed by atoms with van der Waals surface area (Å²) >= 11 is 0. The molecule has 0 bridgehead atoms. The van der Waals surface area contributed by atoms with Gasteiger partial charge in [-0.05, 0) is 31.6 Å². The fraction of sp³-hybridized carbons (Fsp3) is 0.867. The molecule has 2 atom stereocenters. The Morgan fingerprint density at radius 3 is 2.60 bits per heavy atom. The highest BCUT2D eigenvalue weighted by Gasteiger charge is 2.30. The third-order valence-electron chi connectivity index (χ3n) is 4.14. The van der Waals surface area contributed by atoms with E-state index in [4.69, 9.17) is 15.0 Å². The number of nitrogens with zero attached hydrogens (tertiary/aromatic N) is 2. The predicted molar refractivity (Wildman–Crippen MR) is 77.0 cm³/mol. The number of ether oxygens (including phenoxy) is 1. The van der Waals surface area contributed by atoms with Gasteiger partial charge in [0.05, 0.1) is 6.04 Å². The quantitative estimate of drug-likeness (QED) is 0.865. The van der Waals surface area contributed by atoms with E-state index in [-0.39, 0.29) is 18.1 Å². The Balaban J connectivity index is 2.12. The summed E-state index contributed by atoms with van der Waals surface area (Å²) < 4.78 is 11.2. The van der Waals surface area contributed by atoms with Gasteiger partial charge in [0.15, 0.2) is 0 Å². The van der Waals surface area contributed by atoms with Crippen LogP contribution in [0.2, 0.25) is 0 Å². The molecule has 0 aromatic carbocycles. The molecule has 1 aliphatic carbocycles. The summed E-state index contributed by atoms with van der Waals surface area (Å²) in [7, 11) is 0. The van der Waals surface area contributed by atoms with Crippen molar-refractivity contribution in [1.82, 2.24) is 10.1 Å². The highest BCUT2D eigenvalue weighted by Crippen LogP contribution is 2.36. The van der Waals surface area contributed by atoms with Crippen LogP contribution in [0.15, 0.2) is 4.52 Å². The topological polar surface area (TPSA) is 74.2 Å². The summed E-state index contributed by atoms with van der Waals surface area (Å²) in [5.74, 6) is 1.98.